The maximum Gasteiger partial charge on any atom is 0.127 e. The highest BCUT2D eigenvalue weighted by atomic mass is 79.9. The van der Waals surface area contributed by atoms with E-state index in [9.17, 15) is 4.39 Å². The van der Waals surface area contributed by atoms with Crippen LogP contribution in [0.4, 0.5) is 4.39 Å². The lowest BCUT2D eigenvalue weighted by Crippen LogP contribution is -2.38. The van der Waals surface area contributed by atoms with Gasteiger partial charge in [0.05, 0.1) is 0 Å². The highest BCUT2D eigenvalue weighted by Gasteiger charge is 2.13. The average molecular weight is 351 g/mol. The zero-order valence-electron chi connectivity index (χ0n) is 12.3. The van der Waals surface area contributed by atoms with Crippen molar-refractivity contribution < 1.29 is 4.39 Å². The molecule has 0 amide bonds. The van der Waals surface area contributed by atoms with Gasteiger partial charge in [0.2, 0.25) is 0 Å². The van der Waals surface area contributed by atoms with Gasteiger partial charge >= 0.3 is 0 Å². The average Bonchev–Trinajstić information content (AvgIpc) is 2.44. The molecule has 0 radical (unpaired) electrons. The third-order valence-electron chi connectivity index (χ3n) is 3.69. The molecule has 21 heavy (non-hydrogen) atoms. The van der Waals surface area contributed by atoms with Crippen molar-refractivity contribution in [3.8, 4) is 0 Å². The SMILES string of the molecule is Cc1ccc(C)c(CC(Cc2ccc(Br)cc2F)NN)c1. The van der Waals surface area contributed by atoms with E-state index in [-0.39, 0.29) is 11.9 Å². The number of hydrogen-bond acceptors (Lipinski definition) is 2. The van der Waals surface area contributed by atoms with Gasteiger partial charge in [0.15, 0.2) is 0 Å². The van der Waals surface area contributed by atoms with Crippen molar-refractivity contribution in [3.05, 3.63) is 68.9 Å². The number of rotatable bonds is 5. The monoisotopic (exact) mass is 350 g/mol. The summed E-state index contributed by atoms with van der Waals surface area (Å²) in [4.78, 5) is 0. The van der Waals surface area contributed by atoms with Gasteiger partial charge in [0, 0.05) is 10.5 Å². The Labute approximate surface area is 133 Å². The topological polar surface area (TPSA) is 38.0 Å². The van der Waals surface area contributed by atoms with E-state index in [1.54, 1.807) is 6.07 Å². The van der Waals surface area contributed by atoms with E-state index in [1.165, 1.54) is 22.8 Å². The van der Waals surface area contributed by atoms with E-state index in [0.29, 0.717) is 12.0 Å². The first kappa shape index (κ1) is 16.1. The zero-order chi connectivity index (χ0) is 15.4. The number of nitrogens with one attached hydrogen (secondary N) is 1. The van der Waals surface area contributed by atoms with Crippen LogP contribution in [-0.2, 0) is 12.8 Å². The van der Waals surface area contributed by atoms with Crippen LogP contribution in [0.15, 0.2) is 40.9 Å². The van der Waals surface area contributed by atoms with Gasteiger partial charge in [-0.3, -0.25) is 11.3 Å². The summed E-state index contributed by atoms with van der Waals surface area (Å²) >= 11 is 3.27. The molecule has 2 nitrogen and oxygen atoms in total. The Hall–Kier alpha value is -1.23. The molecule has 2 rings (SSSR count). The molecule has 3 N–H and O–H groups in total. The van der Waals surface area contributed by atoms with Crippen molar-refractivity contribution in [1.82, 2.24) is 5.43 Å². The molecule has 4 heteroatoms. The third-order valence-corrected chi connectivity index (χ3v) is 4.18. The quantitative estimate of drug-likeness (QED) is 0.635. The number of hydrogen-bond donors (Lipinski definition) is 2. The van der Waals surface area contributed by atoms with Crippen LogP contribution in [0.25, 0.3) is 0 Å². The van der Waals surface area contributed by atoms with E-state index in [2.05, 4.69) is 53.4 Å². The van der Waals surface area contributed by atoms with Gasteiger partial charge in [-0.2, -0.15) is 0 Å². The van der Waals surface area contributed by atoms with Crippen LogP contribution in [0.3, 0.4) is 0 Å². The molecule has 2 aromatic carbocycles. The van der Waals surface area contributed by atoms with E-state index < -0.39 is 0 Å². The molecule has 2 aromatic rings. The van der Waals surface area contributed by atoms with E-state index in [4.69, 9.17) is 5.84 Å². The molecule has 1 atom stereocenters. The van der Waals surface area contributed by atoms with Crippen LogP contribution in [0.1, 0.15) is 22.3 Å². The van der Waals surface area contributed by atoms with Crippen LogP contribution < -0.4 is 11.3 Å². The normalized spacial score (nSPS) is 12.4. The molecule has 0 aliphatic carbocycles. The Kier molecular flexibility index (Phi) is 5.51. The van der Waals surface area contributed by atoms with Crippen molar-refractivity contribution in [2.75, 3.05) is 0 Å². The maximum atomic E-state index is 13.9. The summed E-state index contributed by atoms with van der Waals surface area (Å²) < 4.78 is 14.7. The third kappa shape index (κ3) is 4.37. The molecule has 0 bridgehead atoms. The van der Waals surface area contributed by atoms with Crippen LogP contribution in [0, 0.1) is 19.7 Å². The molecule has 0 saturated carbocycles. The fourth-order valence-corrected chi connectivity index (χ4v) is 2.76. The van der Waals surface area contributed by atoms with Crippen molar-refractivity contribution in [2.24, 2.45) is 5.84 Å². The van der Waals surface area contributed by atoms with E-state index in [0.717, 1.165) is 10.9 Å². The second-order valence-electron chi connectivity index (χ2n) is 5.44. The van der Waals surface area contributed by atoms with Gasteiger partial charge in [-0.15, -0.1) is 0 Å². The highest BCUT2D eigenvalue weighted by molar-refractivity contribution is 9.10. The summed E-state index contributed by atoms with van der Waals surface area (Å²) in [5.74, 6) is 5.45. The standard InChI is InChI=1S/C17H20BrFN2/c1-11-3-4-12(2)14(7-11)9-16(21-20)8-13-5-6-15(18)10-17(13)19/h3-7,10,16,21H,8-9,20H2,1-2H3. The van der Waals surface area contributed by atoms with E-state index in [1.807, 2.05) is 6.07 Å². The van der Waals surface area contributed by atoms with Gasteiger partial charge in [-0.05, 0) is 55.5 Å². The summed E-state index contributed by atoms with van der Waals surface area (Å²) in [7, 11) is 0. The summed E-state index contributed by atoms with van der Waals surface area (Å²) in [5.41, 5.74) is 7.18. The minimum absolute atomic E-state index is 0.00109. The lowest BCUT2D eigenvalue weighted by atomic mass is 9.95. The lowest BCUT2D eigenvalue weighted by molar-refractivity contribution is 0.505. The van der Waals surface area contributed by atoms with Crippen molar-refractivity contribution >= 4 is 15.9 Å². The van der Waals surface area contributed by atoms with Gasteiger partial charge in [0.1, 0.15) is 5.82 Å². The molecule has 0 aromatic heterocycles. The van der Waals surface area contributed by atoms with Crippen LogP contribution in [0.5, 0.6) is 0 Å². The molecule has 0 fully saturated rings. The Morgan fingerprint density at radius 2 is 1.81 bits per heavy atom. The van der Waals surface area contributed by atoms with Gasteiger partial charge in [-0.25, -0.2) is 4.39 Å². The minimum atomic E-state index is -0.203. The number of halogens is 2. The minimum Gasteiger partial charge on any atom is -0.271 e. The smallest absolute Gasteiger partial charge is 0.127 e. The summed E-state index contributed by atoms with van der Waals surface area (Å²) in [6.07, 6.45) is 1.34. The molecule has 112 valence electrons. The van der Waals surface area contributed by atoms with Crippen LogP contribution >= 0.6 is 15.9 Å². The Bertz CT molecular complexity index is 628. The maximum absolute atomic E-state index is 13.9. The largest absolute Gasteiger partial charge is 0.271 e. The van der Waals surface area contributed by atoms with Crippen LogP contribution in [-0.4, -0.2) is 6.04 Å². The second kappa shape index (κ2) is 7.16. The Morgan fingerprint density at radius 3 is 2.48 bits per heavy atom. The fraction of sp³-hybridized carbons (Fsp3) is 0.294. The molecule has 0 aliphatic heterocycles. The molecular formula is C17H20BrFN2. The molecule has 0 aliphatic rings. The summed E-state index contributed by atoms with van der Waals surface area (Å²) in [6, 6.07) is 11.5. The predicted octanol–water partition coefficient (Wildman–Crippen LogP) is 3.82. The Balaban J connectivity index is 2.14. The van der Waals surface area contributed by atoms with Crippen molar-refractivity contribution in [2.45, 2.75) is 32.7 Å². The van der Waals surface area contributed by atoms with Gasteiger partial charge in [-0.1, -0.05) is 45.8 Å². The highest BCUT2D eigenvalue weighted by Crippen LogP contribution is 2.19. The molecule has 0 saturated heterocycles. The number of nitrogens with two attached hydrogens (primary N) is 1. The van der Waals surface area contributed by atoms with Gasteiger partial charge in [0.25, 0.3) is 0 Å². The zero-order valence-corrected chi connectivity index (χ0v) is 13.9. The van der Waals surface area contributed by atoms with Crippen LogP contribution in [0.2, 0.25) is 0 Å². The summed E-state index contributed by atoms with van der Waals surface area (Å²) in [6.45, 7) is 4.16. The number of benzene rings is 2. The first-order chi connectivity index (χ1) is 9.99. The number of hydrazine groups is 1. The fourth-order valence-electron chi connectivity index (χ4n) is 2.43. The molecule has 0 heterocycles. The lowest BCUT2D eigenvalue weighted by Gasteiger charge is -2.18. The summed E-state index contributed by atoms with van der Waals surface area (Å²) in [5, 5.41) is 0. The molecule has 0 spiro atoms. The second-order valence-corrected chi connectivity index (χ2v) is 6.35. The first-order valence-corrected chi connectivity index (χ1v) is 7.75. The molecular weight excluding hydrogens is 331 g/mol. The van der Waals surface area contributed by atoms with Crippen molar-refractivity contribution in [3.63, 3.8) is 0 Å². The van der Waals surface area contributed by atoms with E-state index >= 15 is 0 Å². The predicted molar refractivity (Wildman–Crippen MR) is 88.5 cm³/mol. The van der Waals surface area contributed by atoms with Crippen molar-refractivity contribution in [1.29, 1.82) is 0 Å². The molecule has 1 unspecified atom stereocenters. The number of aryl methyl sites for hydroxylation is 2. The Morgan fingerprint density at radius 1 is 1.10 bits per heavy atom. The first-order valence-electron chi connectivity index (χ1n) is 6.95. The van der Waals surface area contributed by atoms with Gasteiger partial charge < -0.3 is 0 Å².